The van der Waals surface area contributed by atoms with E-state index in [9.17, 15) is 4.79 Å². The molecule has 3 aromatic rings. The maximum Gasteiger partial charge on any atom is 0.249 e. The second-order valence-corrected chi connectivity index (χ2v) is 4.35. The van der Waals surface area contributed by atoms with Gasteiger partial charge in [-0.05, 0) is 24.3 Å². The van der Waals surface area contributed by atoms with Crippen molar-refractivity contribution < 1.29 is 9.53 Å². The molecule has 0 saturated carbocycles. The fraction of sp³-hybridized carbons (Fsp3) is 0.0667. The van der Waals surface area contributed by atoms with Crippen molar-refractivity contribution in [3.8, 4) is 17.1 Å². The predicted molar refractivity (Wildman–Crippen MR) is 76.6 cm³/mol. The predicted octanol–water partition coefficient (Wildman–Crippen LogP) is 2.34. The molecule has 1 amide bonds. The zero-order valence-corrected chi connectivity index (χ0v) is 10.9. The number of para-hydroxylation sites is 2. The van der Waals surface area contributed by atoms with E-state index in [4.69, 9.17) is 10.5 Å². The first-order valence-corrected chi connectivity index (χ1v) is 6.12. The third-order valence-electron chi connectivity index (χ3n) is 3.14. The number of methoxy groups -OCH3 is 1. The van der Waals surface area contributed by atoms with Gasteiger partial charge in [0.15, 0.2) is 0 Å². The van der Waals surface area contributed by atoms with Crippen LogP contribution in [-0.2, 0) is 0 Å². The second kappa shape index (κ2) is 4.70. The van der Waals surface area contributed by atoms with E-state index in [1.165, 1.54) is 0 Å². The molecule has 0 aliphatic heterocycles. The summed E-state index contributed by atoms with van der Waals surface area (Å²) >= 11 is 0. The third kappa shape index (κ3) is 1.89. The highest BCUT2D eigenvalue weighted by Gasteiger charge is 2.18. The molecule has 0 aliphatic carbocycles. The van der Waals surface area contributed by atoms with Gasteiger partial charge in [0.25, 0.3) is 0 Å². The number of H-pyrrole nitrogens is 1. The number of carbonyl (C=O) groups excluding carboxylic acids is 1. The first kappa shape index (κ1) is 12.2. The van der Waals surface area contributed by atoms with Gasteiger partial charge in [0, 0.05) is 0 Å². The highest BCUT2D eigenvalue weighted by molar-refractivity contribution is 6.01. The monoisotopic (exact) mass is 267 g/mol. The van der Waals surface area contributed by atoms with E-state index in [1.54, 1.807) is 25.3 Å². The Hall–Kier alpha value is -2.82. The molecule has 0 saturated heterocycles. The van der Waals surface area contributed by atoms with Crippen molar-refractivity contribution >= 4 is 16.9 Å². The number of ether oxygens (including phenoxy) is 1. The van der Waals surface area contributed by atoms with Crippen LogP contribution in [0.15, 0.2) is 42.5 Å². The molecule has 5 nitrogen and oxygen atoms in total. The molecule has 0 radical (unpaired) electrons. The molecule has 100 valence electrons. The Morgan fingerprint density at radius 3 is 2.70 bits per heavy atom. The number of hydrogen-bond donors (Lipinski definition) is 2. The molecule has 0 bridgehead atoms. The van der Waals surface area contributed by atoms with Crippen LogP contribution in [0.3, 0.4) is 0 Å². The van der Waals surface area contributed by atoms with Crippen LogP contribution in [-0.4, -0.2) is 23.0 Å². The lowest BCUT2D eigenvalue weighted by Gasteiger charge is -2.09. The third-order valence-corrected chi connectivity index (χ3v) is 3.14. The largest absolute Gasteiger partial charge is 0.496 e. The van der Waals surface area contributed by atoms with Gasteiger partial charge in [0.2, 0.25) is 5.91 Å². The number of benzene rings is 2. The van der Waals surface area contributed by atoms with E-state index in [1.807, 2.05) is 24.3 Å². The maximum atomic E-state index is 11.6. The lowest BCUT2D eigenvalue weighted by atomic mass is 10.1. The number of nitrogens with two attached hydrogens (primary N) is 1. The summed E-state index contributed by atoms with van der Waals surface area (Å²) in [6, 6.07) is 12.8. The summed E-state index contributed by atoms with van der Waals surface area (Å²) in [5, 5.41) is 0. The molecule has 1 heterocycles. The molecule has 5 heteroatoms. The summed E-state index contributed by atoms with van der Waals surface area (Å²) in [7, 11) is 1.55. The Bertz CT molecular complexity index is 760. The number of hydrogen-bond acceptors (Lipinski definition) is 3. The summed E-state index contributed by atoms with van der Waals surface area (Å²) in [5.74, 6) is 0.608. The first-order chi connectivity index (χ1) is 9.70. The van der Waals surface area contributed by atoms with Crippen LogP contribution in [0.4, 0.5) is 0 Å². The van der Waals surface area contributed by atoms with Crippen LogP contribution in [0.25, 0.3) is 22.4 Å². The van der Waals surface area contributed by atoms with Gasteiger partial charge in [-0.1, -0.05) is 18.2 Å². The normalized spacial score (nSPS) is 10.7. The molecule has 0 spiro atoms. The lowest BCUT2D eigenvalue weighted by Crippen LogP contribution is -2.13. The molecular weight excluding hydrogens is 254 g/mol. The quantitative estimate of drug-likeness (QED) is 0.764. The molecule has 20 heavy (non-hydrogen) atoms. The number of rotatable bonds is 3. The standard InChI is InChI=1S/C15H13N3O2/c1-20-12-8-4-5-9(14(16)19)13(12)15-17-10-6-2-3-7-11(10)18-15/h2-8H,1H3,(H2,16,19)(H,17,18). The molecule has 3 rings (SSSR count). The van der Waals surface area contributed by atoms with Crippen LogP contribution in [0.2, 0.25) is 0 Å². The highest BCUT2D eigenvalue weighted by Crippen LogP contribution is 2.32. The van der Waals surface area contributed by atoms with Gasteiger partial charge < -0.3 is 15.5 Å². The topological polar surface area (TPSA) is 81.0 Å². The lowest BCUT2D eigenvalue weighted by molar-refractivity contribution is 0.100. The Morgan fingerprint density at radius 2 is 2.00 bits per heavy atom. The minimum Gasteiger partial charge on any atom is -0.496 e. The van der Waals surface area contributed by atoms with Crippen LogP contribution in [0.5, 0.6) is 5.75 Å². The second-order valence-electron chi connectivity index (χ2n) is 4.35. The molecule has 0 atom stereocenters. The number of amides is 1. The minimum absolute atomic E-state index is 0.378. The Morgan fingerprint density at radius 1 is 1.20 bits per heavy atom. The number of fused-ring (bicyclic) bond motifs is 1. The van der Waals surface area contributed by atoms with Gasteiger partial charge in [-0.2, -0.15) is 0 Å². The molecular formula is C15H13N3O2. The number of aromatic nitrogens is 2. The van der Waals surface area contributed by atoms with Crippen molar-refractivity contribution in [3.05, 3.63) is 48.0 Å². The van der Waals surface area contributed by atoms with E-state index < -0.39 is 5.91 Å². The van der Waals surface area contributed by atoms with E-state index >= 15 is 0 Å². The zero-order chi connectivity index (χ0) is 14.1. The van der Waals surface area contributed by atoms with Crippen molar-refractivity contribution in [2.75, 3.05) is 7.11 Å². The van der Waals surface area contributed by atoms with Crippen LogP contribution in [0, 0.1) is 0 Å². The van der Waals surface area contributed by atoms with Gasteiger partial charge in [0.1, 0.15) is 11.6 Å². The van der Waals surface area contributed by atoms with E-state index in [-0.39, 0.29) is 0 Å². The molecule has 3 N–H and O–H groups in total. The maximum absolute atomic E-state index is 11.6. The van der Waals surface area contributed by atoms with Crippen LogP contribution in [0.1, 0.15) is 10.4 Å². The minimum atomic E-state index is -0.514. The molecule has 0 fully saturated rings. The summed E-state index contributed by atoms with van der Waals surface area (Å²) in [4.78, 5) is 19.3. The van der Waals surface area contributed by atoms with Crippen molar-refractivity contribution in [2.45, 2.75) is 0 Å². The number of primary amides is 1. The number of aromatic amines is 1. The number of nitrogens with one attached hydrogen (secondary N) is 1. The number of nitrogens with zero attached hydrogens (tertiary/aromatic N) is 1. The average Bonchev–Trinajstić information content (AvgIpc) is 2.89. The fourth-order valence-electron chi connectivity index (χ4n) is 2.22. The van der Waals surface area contributed by atoms with Gasteiger partial charge in [-0.25, -0.2) is 4.98 Å². The number of imidazole rings is 1. The molecule has 0 unspecified atom stereocenters. The van der Waals surface area contributed by atoms with E-state index in [0.717, 1.165) is 11.0 Å². The first-order valence-electron chi connectivity index (χ1n) is 6.12. The summed E-state index contributed by atoms with van der Waals surface area (Å²) in [6.07, 6.45) is 0. The van der Waals surface area contributed by atoms with Crippen molar-refractivity contribution in [1.82, 2.24) is 9.97 Å². The SMILES string of the molecule is COc1cccc(C(N)=O)c1-c1nc2ccccc2[nH]1. The molecule has 0 aliphatic rings. The van der Waals surface area contributed by atoms with E-state index in [2.05, 4.69) is 9.97 Å². The summed E-state index contributed by atoms with van der Waals surface area (Å²) in [5.41, 5.74) is 8.11. The van der Waals surface area contributed by atoms with Crippen molar-refractivity contribution in [3.63, 3.8) is 0 Å². The number of carbonyl (C=O) groups is 1. The van der Waals surface area contributed by atoms with E-state index in [0.29, 0.717) is 22.7 Å². The zero-order valence-electron chi connectivity index (χ0n) is 10.9. The average molecular weight is 267 g/mol. The van der Waals surface area contributed by atoms with Crippen molar-refractivity contribution in [2.24, 2.45) is 5.73 Å². The van der Waals surface area contributed by atoms with Gasteiger partial charge in [-0.15, -0.1) is 0 Å². The fourth-order valence-corrected chi connectivity index (χ4v) is 2.22. The Balaban J connectivity index is 2.29. The molecule has 1 aromatic heterocycles. The van der Waals surface area contributed by atoms with Crippen molar-refractivity contribution in [1.29, 1.82) is 0 Å². The van der Waals surface area contributed by atoms with Gasteiger partial charge >= 0.3 is 0 Å². The molecule has 2 aromatic carbocycles. The Labute approximate surface area is 115 Å². The highest BCUT2D eigenvalue weighted by atomic mass is 16.5. The Kier molecular flexibility index (Phi) is 2.87. The van der Waals surface area contributed by atoms with Crippen LogP contribution >= 0.6 is 0 Å². The van der Waals surface area contributed by atoms with Crippen LogP contribution < -0.4 is 10.5 Å². The van der Waals surface area contributed by atoms with Gasteiger partial charge in [-0.3, -0.25) is 4.79 Å². The summed E-state index contributed by atoms with van der Waals surface area (Å²) < 4.78 is 5.32. The smallest absolute Gasteiger partial charge is 0.249 e. The van der Waals surface area contributed by atoms with Gasteiger partial charge in [0.05, 0.1) is 29.3 Å². The summed E-state index contributed by atoms with van der Waals surface area (Å²) in [6.45, 7) is 0.